The van der Waals surface area contributed by atoms with Crippen molar-refractivity contribution >= 4 is 27.5 Å². The summed E-state index contributed by atoms with van der Waals surface area (Å²) in [7, 11) is 0. The highest BCUT2D eigenvalue weighted by Crippen LogP contribution is 2.54. The summed E-state index contributed by atoms with van der Waals surface area (Å²) in [5, 5.41) is 0.213. The van der Waals surface area contributed by atoms with Crippen LogP contribution < -0.4 is 0 Å². The normalized spacial score (nSPS) is 28.3. The molecule has 0 aromatic carbocycles. The summed E-state index contributed by atoms with van der Waals surface area (Å²) in [6.45, 7) is 8.67. The number of fused-ring (bicyclic) bond motifs is 1. The summed E-state index contributed by atoms with van der Waals surface area (Å²) in [5.74, 6) is -0.238. The second-order valence-electron chi connectivity index (χ2n) is 6.93. The maximum atomic E-state index is 12.7. The Labute approximate surface area is 123 Å². The summed E-state index contributed by atoms with van der Waals surface area (Å²) in [6, 6.07) is 0. The van der Waals surface area contributed by atoms with Gasteiger partial charge in [-0.1, -0.05) is 55.3 Å². The Balaban J connectivity index is 2.52. The predicted octanol–water partition coefficient (Wildman–Crippen LogP) is 3.85. The molecule has 0 aromatic heterocycles. The van der Waals surface area contributed by atoms with Crippen molar-refractivity contribution in [1.29, 1.82) is 0 Å². The Morgan fingerprint density at radius 1 is 1.26 bits per heavy atom. The number of carbonyl (C=O) groups is 2. The maximum Gasteiger partial charge on any atom is 0.176 e. The van der Waals surface area contributed by atoms with Crippen molar-refractivity contribution in [2.45, 2.75) is 40.5 Å². The summed E-state index contributed by atoms with van der Waals surface area (Å²) in [5.41, 5.74) is 1.54. The molecule has 1 unspecified atom stereocenters. The fourth-order valence-electron chi connectivity index (χ4n) is 3.27. The molecule has 2 aliphatic carbocycles. The molecule has 0 radical (unpaired) electrons. The SMILES string of the molecule is CC1(C)CCC(C)(C)C2C(=O)C(C(=O)CBr)=CC=C21. The monoisotopic (exact) mass is 324 g/mol. The maximum absolute atomic E-state index is 12.7. The largest absolute Gasteiger partial charge is 0.293 e. The van der Waals surface area contributed by atoms with E-state index in [-0.39, 0.29) is 33.6 Å². The Morgan fingerprint density at radius 2 is 1.89 bits per heavy atom. The smallest absolute Gasteiger partial charge is 0.176 e. The van der Waals surface area contributed by atoms with Gasteiger partial charge in [0.2, 0.25) is 0 Å². The fraction of sp³-hybridized carbons (Fsp3) is 0.625. The zero-order chi connectivity index (χ0) is 14.4. The van der Waals surface area contributed by atoms with E-state index < -0.39 is 0 Å². The first-order valence-electron chi connectivity index (χ1n) is 6.76. The molecule has 19 heavy (non-hydrogen) atoms. The summed E-state index contributed by atoms with van der Waals surface area (Å²) in [4.78, 5) is 24.6. The van der Waals surface area contributed by atoms with Gasteiger partial charge in [0.25, 0.3) is 0 Å². The lowest BCUT2D eigenvalue weighted by molar-refractivity contribution is -0.125. The molecule has 0 spiro atoms. The van der Waals surface area contributed by atoms with Crippen LogP contribution in [0.25, 0.3) is 0 Å². The van der Waals surface area contributed by atoms with Gasteiger partial charge in [0.05, 0.1) is 10.9 Å². The second kappa shape index (κ2) is 4.69. The first kappa shape index (κ1) is 14.7. The van der Waals surface area contributed by atoms with E-state index in [0.717, 1.165) is 12.8 Å². The van der Waals surface area contributed by atoms with Crippen LogP contribution in [0, 0.1) is 16.7 Å². The van der Waals surface area contributed by atoms with Crippen LogP contribution in [0.3, 0.4) is 0 Å². The average molecular weight is 325 g/mol. The lowest BCUT2D eigenvalue weighted by Crippen LogP contribution is -2.45. The molecule has 0 bridgehead atoms. The topological polar surface area (TPSA) is 34.1 Å². The van der Waals surface area contributed by atoms with Gasteiger partial charge in [-0.25, -0.2) is 0 Å². The van der Waals surface area contributed by atoms with Gasteiger partial charge < -0.3 is 0 Å². The Hall–Kier alpha value is -0.700. The average Bonchev–Trinajstić information content (AvgIpc) is 2.34. The van der Waals surface area contributed by atoms with Crippen molar-refractivity contribution < 1.29 is 9.59 Å². The molecule has 1 atom stereocenters. The van der Waals surface area contributed by atoms with Crippen LogP contribution in [0.5, 0.6) is 0 Å². The van der Waals surface area contributed by atoms with E-state index >= 15 is 0 Å². The van der Waals surface area contributed by atoms with E-state index in [1.807, 2.05) is 6.08 Å². The van der Waals surface area contributed by atoms with Gasteiger partial charge in [-0.05, 0) is 29.7 Å². The zero-order valence-electron chi connectivity index (χ0n) is 12.0. The summed E-state index contributed by atoms with van der Waals surface area (Å²) < 4.78 is 0. The van der Waals surface area contributed by atoms with E-state index in [9.17, 15) is 9.59 Å². The number of hydrogen-bond donors (Lipinski definition) is 0. The first-order chi connectivity index (χ1) is 8.70. The minimum Gasteiger partial charge on any atom is -0.293 e. The molecule has 0 aliphatic heterocycles. The van der Waals surface area contributed by atoms with Gasteiger partial charge in [-0.15, -0.1) is 0 Å². The molecule has 2 rings (SSSR count). The van der Waals surface area contributed by atoms with E-state index in [2.05, 4.69) is 43.6 Å². The van der Waals surface area contributed by atoms with Gasteiger partial charge in [0.1, 0.15) is 0 Å². The number of carbonyl (C=O) groups excluding carboxylic acids is 2. The van der Waals surface area contributed by atoms with Crippen LogP contribution in [0.1, 0.15) is 40.5 Å². The predicted molar refractivity (Wildman–Crippen MR) is 80.3 cm³/mol. The third-order valence-electron chi connectivity index (χ3n) is 4.65. The van der Waals surface area contributed by atoms with Crippen molar-refractivity contribution in [3.8, 4) is 0 Å². The van der Waals surface area contributed by atoms with Gasteiger partial charge in [-0.2, -0.15) is 0 Å². The highest BCUT2D eigenvalue weighted by atomic mass is 79.9. The molecule has 1 saturated carbocycles. The quantitative estimate of drug-likeness (QED) is 0.571. The molecule has 3 heteroatoms. The van der Waals surface area contributed by atoms with Gasteiger partial charge in [0.15, 0.2) is 11.6 Å². The molecule has 0 amide bonds. The van der Waals surface area contributed by atoms with Crippen molar-refractivity contribution in [3.63, 3.8) is 0 Å². The molecule has 1 fully saturated rings. The van der Waals surface area contributed by atoms with Crippen LogP contribution in [0.4, 0.5) is 0 Å². The number of alkyl halides is 1. The van der Waals surface area contributed by atoms with Crippen LogP contribution in [0.15, 0.2) is 23.3 Å². The van der Waals surface area contributed by atoms with E-state index in [1.54, 1.807) is 6.08 Å². The highest BCUT2D eigenvalue weighted by molar-refractivity contribution is 9.09. The molecular formula is C16H21BrO2. The Bertz CT molecular complexity index is 495. The Morgan fingerprint density at radius 3 is 2.47 bits per heavy atom. The van der Waals surface area contributed by atoms with Crippen molar-refractivity contribution in [2.75, 3.05) is 5.33 Å². The van der Waals surface area contributed by atoms with Crippen LogP contribution >= 0.6 is 15.9 Å². The van der Waals surface area contributed by atoms with Crippen LogP contribution in [0.2, 0.25) is 0 Å². The van der Waals surface area contributed by atoms with E-state index in [0.29, 0.717) is 5.57 Å². The van der Waals surface area contributed by atoms with E-state index in [1.165, 1.54) is 5.57 Å². The molecule has 104 valence electrons. The minimum atomic E-state index is -0.140. The number of Topliss-reactive ketones (excluding diaryl/α,β-unsaturated/α-hetero) is 2. The summed E-state index contributed by atoms with van der Waals surface area (Å²) >= 11 is 3.15. The molecule has 2 nitrogen and oxygen atoms in total. The number of halogens is 1. The molecule has 0 N–H and O–H groups in total. The first-order valence-corrected chi connectivity index (χ1v) is 7.88. The molecular weight excluding hydrogens is 304 g/mol. The lowest BCUT2D eigenvalue weighted by atomic mass is 9.54. The molecule has 0 aromatic rings. The van der Waals surface area contributed by atoms with Crippen LogP contribution in [-0.2, 0) is 9.59 Å². The zero-order valence-corrected chi connectivity index (χ0v) is 13.6. The standard InChI is InChI=1S/C16H21BrO2/c1-15(2)7-8-16(3,4)13-11(15)6-5-10(14(13)19)12(18)9-17/h5-6,13H,7-9H2,1-4H3. The van der Waals surface area contributed by atoms with Gasteiger partial charge >= 0.3 is 0 Å². The van der Waals surface area contributed by atoms with Crippen LogP contribution in [-0.4, -0.2) is 16.9 Å². The number of hydrogen-bond acceptors (Lipinski definition) is 2. The van der Waals surface area contributed by atoms with Crippen molar-refractivity contribution in [3.05, 3.63) is 23.3 Å². The van der Waals surface area contributed by atoms with E-state index in [4.69, 9.17) is 0 Å². The molecule has 0 saturated heterocycles. The fourth-order valence-corrected chi connectivity index (χ4v) is 3.57. The number of ketones is 2. The lowest BCUT2D eigenvalue weighted by Gasteiger charge is -2.48. The highest BCUT2D eigenvalue weighted by Gasteiger charge is 2.49. The summed E-state index contributed by atoms with van der Waals surface area (Å²) in [6.07, 6.45) is 5.85. The third kappa shape index (κ3) is 2.37. The van der Waals surface area contributed by atoms with Gasteiger partial charge in [0, 0.05) is 5.92 Å². The molecule has 2 aliphatic rings. The third-order valence-corrected chi connectivity index (χ3v) is 5.16. The number of allylic oxidation sites excluding steroid dienone is 4. The minimum absolute atomic E-state index is 0.0136. The number of rotatable bonds is 2. The molecule has 0 heterocycles. The second-order valence-corrected chi connectivity index (χ2v) is 7.49. The van der Waals surface area contributed by atoms with Gasteiger partial charge in [-0.3, -0.25) is 9.59 Å². The van der Waals surface area contributed by atoms with Crippen molar-refractivity contribution in [2.24, 2.45) is 16.7 Å². The Kier molecular flexibility index (Phi) is 3.63. The van der Waals surface area contributed by atoms with Crippen molar-refractivity contribution in [1.82, 2.24) is 0 Å².